The van der Waals surface area contributed by atoms with Crippen LogP contribution in [0.2, 0.25) is 0 Å². The molecule has 12 heavy (non-hydrogen) atoms. The van der Waals surface area contributed by atoms with Crippen molar-refractivity contribution in [3.8, 4) is 0 Å². The molecule has 1 fully saturated rings. The molecule has 0 saturated heterocycles. The predicted octanol–water partition coefficient (Wildman–Crippen LogP) is -1.70. The summed E-state index contributed by atoms with van der Waals surface area (Å²) in [6.07, 6.45) is 0. The topological polar surface area (TPSA) is 104 Å². The van der Waals surface area contributed by atoms with Crippen LogP contribution in [0.3, 0.4) is 0 Å². The first kappa shape index (κ1) is 9.92. The van der Waals surface area contributed by atoms with Crippen molar-refractivity contribution in [2.45, 2.75) is 0 Å². The second-order valence-corrected chi connectivity index (χ2v) is 3.60. The Morgan fingerprint density at radius 2 is 0.667 bits per heavy atom. The summed E-state index contributed by atoms with van der Waals surface area (Å²) in [5.74, 6) is 2.03. The smallest absolute Gasteiger partial charge is 0.00424 e. The van der Waals surface area contributed by atoms with Gasteiger partial charge in [-0.2, -0.15) is 0 Å². The van der Waals surface area contributed by atoms with E-state index in [1.165, 1.54) is 0 Å². The predicted molar refractivity (Wildman–Crippen MR) is 50.2 cm³/mol. The van der Waals surface area contributed by atoms with Gasteiger partial charge in [0, 0.05) is 0 Å². The molecule has 0 aromatic carbocycles. The monoisotopic (exact) mass is 172 g/mol. The Labute approximate surface area is 73.6 Å². The van der Waals surface area contributed by atoms with E-state index < -0.39 is 0 Å². The molecule has 4 heteroatoms. The Morgan fingerprint density at radius 3 is 0.750 bits per heavy atom. The van der Waals surface area contributed by atoms with Crippen LogP contribution >= 0.6 is 0 Å². The third-order valence-corrected chi connectivity index (χ3v) is 3.29. The van der Waals surface area contributed by atoms with Gasteiger partial charge in [0.05, 0.1) is 0 Å². The maximum Gasteiger partial charge on any atom is -0.00424 e. The first-order valence-corrected chi connectivity index (χ1v) is 4.60. The number of nitrogens with two attached hydrogens (primary N) is 4. The van der Waals surface area contributed by atoms with E-state index in [1.807, 2.05) is 0 Å². The molecule has 72 valence electrons. The van der Waals surface area contributed by atoms with E-state index in [9.17, 15) is 0 Å². The highest BCUT2D eigenvalue weighted by Crippen LogP contribution is 2.43. The van der Waals surface area contributed by atoms with Crippen molar-refractivity contribution in [2.24, 2.45) is 46.6 Å². The lowest BCUT2D eigenvalue weighted by Crippen LogP contribution is -2.58. The van der Waals surface area contributed by atoms with Crippen LogP contribution in [-0.4, -0.2) is 26.2 Å². The van der Waals surface area contributed by atoms with Gasteiger partial charge in [0.15, 0.2) is 0 Å². The van der Waals surface area contributed by atoms with E-state index in [0.717, 1.165) is 0 Å². The summed E-state index contributed by atoms with van der Waals surface area (Å²) in [5, 5.41) is 0. The largest absolute Gasteiger partial charge is 0.330 e. The molecular weight excluding hydrogens is 152 g/mol. The Morgan fingerprint density at radius 1 is 0.500 bits per heavy atom. The van der Waals surface area contributed by atoms with Crippen LogP contribution in [0.4, 0.5) is 0 Å². The zero-order valence-corrected chi connectivity index (χ0v) is 7.45. The van der Waals surface area contributed by atoms with E-state index in [0.29, 0.717) is 49.9 Å². The van der Waals surface area contributed by atoms with Crippen LogP contribution in [0.15, 0.2) is 0 Å². The summed E-state index contributed by atoms with van der Waals surface area (Å²) in [5.41, 5.74) is 22.5. The molecule has 0 bridgehead atoms. The second-order valence-electron chi connectivity index (χ2n) is 3.60. The zero-order valence-electron chi connectivity index (χ0n) is 7.45. The highest BCUT2D eigenvalue weighted by molar-refractivity contribution is 4.98. The van der Waals surface area contributed by atoms with Crippen molar-refractivity contribution in [3.63, 3.8) is 0 Å². The second kappa shape index (κ2) is 4.18. The molecule has 0 aliphatic heterocycles. The molecule has 1 rings (SSSR count). The maximum atomic E-state index is 5.63. The average molecular weight is 172 g/mol. The lowest BCUT2D eigenvalue weighted by atomic mass is 9.56. The van der Waals surface area contributed by atoms with E-state index in [1.54, 1.807) is 0 Å². The Balaban J connectivity index is 2.52. The van der Waals surface area contributed by atoms with Gasteiger partial charge in [0.1, 0.15) is 0 Å². The maximum absolute atomic E-state index is 5.63. The van der Waals surface area contributed by atoms with Crippen molar-refractivity contribution in [1.82, 2.24) is 0 Å². The van der Waals surface area contributed by atoms with Crippen LogP contribution in [-0.2, 0) is 0 Å². The zero-order chi connectivity index (χ0) is 9.14. The van der Waals surface area contributed by atoms with Gasteiger partial charge < -0.3 is 22.9 Å². The summed E-state index contributed by atoms with van der Waals surface area (Å²) in [6.45, 7) is 2.78. The molecule has 0 heterocycles. The standard InChI is InChI=1S/C8H20N4/c9-1-5-6(2-10)8(4-12)7(5)3-11/h5-8H,1-4,9-12H2. The van der Waals surface area contributed by atoms with Crippen LogP contribution in [0.25, 0.3) is 0 Å². The van der Waals surface area contributed by atoms with Gasteiger partial charge in [0.25, 0.3) is 0 Å². The molecule has 0 amide bonds. The molecule has 0 aromatic rings. The van der Waals surface area contributed by atoms with Crippen molar-refractivity contribution >= 4 is 0 Å². The summed E-state index contributed by atoms with van der Waals surface area (Å²) < 4.78 is 0. The molecule has 1 aliphatic carbocycles. The molecule has 4 nitrogen and oxygen atoms in total. The average Bonchev–Trinajstić information content (AvgIpc) is 2.05. The first-order chi connectivity index (χ1) is 5.79. The lowest BCUT2D eigenvalue weighted by molar-refractivity contribution is 0.00170. The van der Waals surface area contributed by atoms with Crippen LogP contribution < -0.4 is 22.9 Å². The number of rotatable bonds is 4. The van der Waals surface area contributed by atoms with E-state index in [2.05, 4.69) is 0 Å². The normalized spacial score (nSPS) is 41.0. The fourth-order valence-corrected chi connectivity index (χ4v) is 2.52. The van der Waals surface area contributed by atoms with Crippen LogP contribution in [0.5, 0.6) is 0 Å². The SMILES string of the molecule is NCC1C(CN)C(CN)C1CN. The van der Waals surface area contributed by atoms with Crippen molar-refractivity contribution in [1.29, 1.82) is 0 Å². The van der Waals surface area contributed by atoms with Gasteiger partial charge in [-0.3, -0.25) is 0 Å². The molecule has 0 unspecified atom stereocenters. The molecule has 0 aromatic heterocycles. The molecule has 0 atom stereocenters. The minimum absolute atomic E-state index is 0.508. The van der Waals surface area contributed by atoms with E-state index >= 15 is 0 Å². The van der Waals surface area contributed by atoms with E-state index in [4.69, 9.17) is 22.9 Å². The molecule has 8 N–H and O–H groups in total. The van der Waals surface area contributed by atoms with Crippen molar-refractivity contribution < 1.29 is 0 Å². The number of hydrogen-bond donors (Lipinski definition) is 4. The molecule has 1 aliphatic rings. The summed E-state index contributed by atoms with van der Waals surface area (Å²) >= 11 is 0. The number of hydrogen-bond acceptors (Lipinski definition) is 4. The fourth-order valence-electron chi connectivity index (χ4n) is 2.52. The first-order valence-electron chi connectivity index (χ1n) is 4.60. The highest BCUT2D eigenvalue weighted by atomic mass is 14.8. The van der Waals surface area contributed by atoms with Gasteiger partial charge in [-0.15, -0.1) is 0 Å². The van der Waals surface area contributed by atoms with Crippen LogP contribution in [0, 0.1) is 23.7 Å². The lowest BCUT2D eigenvalue weighted by Gasteiger charge is -2.51. The van der Waals surface area contributed by atoms with Crippen molar-refractivity contribution in [2.75, 3.05) is 26.2 Å². The Bertz CT molecular complexity index is 99.0. The third kappa shape index (κ3) is 1.35. The highest BCUT2D eigenvalue weighted by Gasteiger charge is 2.46. The minimum atomic E-state index is 0.508. The summed E-state index contributed by atoms with van der Waals surface area (Å²) in [6, 6.07) is 0. The van der Waals surface area contributed by atoms with Gasteiger partial charge in [-0.1, -0.05) is 0 Å². The van der Waals surface area contributed by atoms with Gasteiger partial charge in [-0.25, -0.2) is 0 Å². The fraction of sp³-hybridized carbons (Fsp3) is 1.00. The summed E-state index contributed by atoms with van der Waals surface area (Å²) in [4.78, 5) is 0. The summed E-state index contributed by atoms with van der Waals surface area (Å²) in [7, 11) is 0. The van der Waals surface area contributed by atoms with Gasteiger partial charge in [-0.05, 0) is 49.9 Å². The molecular formula is C8H20N4. The Kier molecular flexibility index (Phi) is 3.46. The Hall–Kier alpha value is -0.160. The quantitative estimate of drug-likeness (QED) is 0.406. The van der Waals surface area contributed by atoms with Gasteiger partial charge >= 0.3 is 0 Å². The van der Waals surface area contributed by atoms with Crippen molar-refractivity contribution in [3.05, 3.63) is 0 Å². The molecule has 1 saturated carbocycles. The minimum Gasteiger partial charge on any atom is -0.330 e. The van der Waals surface area contributed by atoms with Gasteiger partial charge in [0.2, 0.25) is 0 Å². The molecule has 0 spiro atoms. The third-order valence-electron chi connectivity index (χ3n) is 3.29. The van der Waals surface area contributed by atoms with E-state index in [-0.39, 0.29) is 0 Å². The molecule has 0 radical (unpaired) electrons. The van der Waals surface area contributed by atoms with Crippen LogP contribution in [0.1, 0.15) is 0 Å².